The van der Waals surface area contributed by atoms with Crippen LogP contribution in [0.15, 0.2) is 53.0 Å². The maximum absolute atomic E-state index is 10.3. The normalized spacial score (nSPS) is 12.7. The van der Waals surface area contributed by atoms with Gasteiger partial charge in [-0.3, -0.25) is 0 Å². The van der Waals surface area contributed by atoms with Crippen molar-refractivity contribution >= 4 is 15.9 Å². The highest BCUT2D eigenvalue weighted by atomic mass is 79.9. The number of hydrogen-bond acceptors (Lipinski definition) is 1. The zero-order chi connectivity index (χ0) is 13.1. The number of hydrogen-bond donors (Lipinski definition) is 1. The van der Waals surface area contributed by atoms with Crippen molar-refractivity contribution in [3.63, 3.8) is 0 Å². The van der Waals surface area contributed by atoms with Crippen LogP contribution in [-0.2, 0) is 0 Å². The van der Waals surface area contributed by atoms with E-state index in [2.05, 4.69) is 41.9 Å². The first-order valence-corrected chi connectivity index (χ1v) is 6.90. The smallest absolute Gasteiger partial charge is 0.104 e. The van der Waals surface area contributed by atoms with Gasteiger partial charge in [0.2, 0.25) is 0 Å². The maximum atomic E-state index is 10.3. The number of aliphatic hydroxyl groups is 1. The van der Waals surface area contributed by atoms with E-state index in [1.54, 1.807) is 0 Å². The van der Waals surface area contributed by atoms with Gasteiger partial charge in [0.25, 0.3) is 0 Å². The fourth-order valence-corrected chi connectivity index (χ4v) is 2.35. The fourth-order valence-electron chi connectivity index (χ4n) is 1.93. The van der Waals surface area contributed by atoms with Crippen molar-refractivity contribution in [1.29, 1.82) is 0 Å². The van der Waals surface area contributed by atoms with Crippen LogP contribution < -0.4 is 0 Å². The molecule has 1 N–H and O–H groups in total. The molecule has 0 aromatic heterocycles. The highest BCUT2D eigenvalue weighted by molar-refractivity contribution is 9.10. The van der Waals surface area contributed by atoms with Gasteiger partial charge >= 0.3 is 0 Å². The predicted molar refractivity (Wildman–Crippen MR) is 78.7 cm³/mol. The molecular formula is C16H17BrO. The summed E-state index contributed by atoms with van der Waals surface area (Å²) in [5.74, 6) is 0.516. The topological polar surface area (TPSA) is 20.2 Å². The summed E-state index contributed by atoms with van der Waals surface area (Å²) in [5.41, 5.74) is 3.12. The van der Waals surface area contributed by atoms with E-state index in [1.807, 2.05) is 36.4 Å². The SMILES string of the molecule is CC(C)c1ccc([C@@H](O)c2cccc(Br)c2)cc1. The van der Waals surface area contributed by atoms with Crippen molar-refractivity contribution < 1.29 is 5.11 Å². The molecule has 0 saturated heterocycles. The third kappa shape index (κ3) is 3.01. The molecule has 0 aliphatic rings. The van der Waals surface area contributed by atoms with Crippen LogP contribution in [0.25, 0.3) is 0 Å². The quantitative estimate of drug-likeness (QED) is 0.875. The third-order valence-electron chi connectivity index (χ3n) is 3.08. The van der Waals surface area contributed by atoms with E-state index in [9.17, 15) is 5.11 Å². The molecule has 0 fully saturated rings. The minimum atomic E-state index is -0.566. The van der Waals surface area contributed by atoms with E-state index >= 15 is 0 Å². The molecule has 18 heavy (non-hydrogen) atoms. The van der Waals surface area contributed by atoms with Gasteiger partial charge in [0, 0.05) is 4.47 Å². The van der Waals surface area contributed by atoms with Crippen molar-refractivity contribution in [2.24, 2.45) is 0 Å². The molecule has 2 aromatic rings. The lowest BCUT2D eigenvalue weighted by atomic mass is 9.97. The Kier molecular flexibility index (Phi) is 4.20. The molecule has 0 aliphatic heterocycles. The van der Waals surface area contributed by atoms with Gasteiger partial charge in [0.05, 0.1) is 0 Å². The number of rotatable bonds is 3. The molecule has 0 spiro atoms. The first-order chi connectivity index (χ1) is 8.58. The van der Waals surface area contributed by atoms with Gasteiger partial charge in [-0.05, 0) is 34.7 Å². The molecule has 1 atom stereocenters. The summed E-state index contributed by atoms with van der Waals surface area (Å²) >= 11 is 3.42. The lowest BCUT2D eigenvalue weighted by molar-refractivity contribution is 0.220. The second-order valence-corrected chi connectivity index (χ2v) is 5.69. The monoisotopic (exact) mass is 304 g/mol. The lowest BCUT2D eigenvalue weighted by Gasteiger charge is -2.13. The molecule has 0 bridgehead atoms. The Morgan fingerprint density at radius 2 is 1.50 bits per heavy atom. The molecule has 0 aliphatic carbocycles. The number of halogens is 1. The van der Waals surface area contributed by atoms with E-state index in [1.165, 1.54) is 5.56 Å². The number of aliphatic hydroxyl groups excluding tert-OH is 1. The van der Waals surface area contributed by atoms with Crippen LogP contribution in [0.4, 0.5) is 0 Å². The maximum Gasteiger partial charge on any atom is 0.104 e. The van der Waals surface area contributed by atoms with Gasteiger partial charge in [-0.1, -0.05) is 66.2 Å². The van der Waals surface area contributed by atoms with Crippen molar-refractivity contribution in [1.82, 2.24) is 0 Å². The summed E-state index contributed by atoms with van der Waals surface area (Å²) < 4.78 is 0.984. The molecular weight excluding hydrogens is 288 g/mol. The summed E-state index contributed by atoms with van der Waals surface area (Å²) in [6, 6.07) is 15.9. The Bertz CT molecular complexity index is 517. The molecule has 2 heteroatoms. The molecule has 1 nitrogen and oxygen atoms in total. The van der Waals surface area contributed by atoms with Crippen LogP contribution in [0.5, 0.6) is 0 Å². The van der Waals surface area contributed by atoms with Crippen LogP contribution in [0.1, 0.15) is 42.6 Å². The van der Waals surface area contributed by atoms with E-state index in [4.69, 9.17) is 0 Å². The van der Waals surface area contributed by atoms with Gasteiger partial charge in [0.1, 0.15) is 6.10 Å². The van der Waals surface area contributed by atoms with Crippen LogP contribution in [-0.4, -0.2) is 5.11 Å². The van der Waals surface area contributed by atoms with Gasteiger partial charge < -0.3 is 5.11 Å². The fraction of sp³-hybridized carbons (Fsp3) is 0.250. The predicted octanol–water partition coefficient (Wildman–Crippen LogP) is 4.65. The average Bonchev–Trinajstić information content (AvgIpc) is 2.38. The second kappa shape index (κ2) is 5.68. The minimum absolute atomic E-state index is 0.516. The van der Waals surface area contributed by atoms with Crippen molar-refractivity contribution in [2.45, 2.75) is 25.9 Å². The molecule has 0 radical (unpaired) electrons. The van der Waals surface area contributed by atoms with Crippen LogP contribution in [0, 0.1) is 0 Å². The Hall–Kier alpha value is -1.12. The first kappa shape index (κ1) is 13.3. The summed E-state index contributed by atoms with van der Waals surface area (Å²) in [6.07, 6.45) is -0.566. The summed E-state index contributed by atoms with van der Waals surface area (Å²) in [6.45, 7) is 4.33. The van der Waals surface area contributed by atoms with E-state index in [-0.39, 0.29) is 0 Å². The Morgan fingerprint density at radius 1 is 0.889 bits per heavy atom. The van der Waals surface area contributed by atoms with E-state index in [0.29, 0.717) is 5.92 Å². The summed E-state index contributed by atoms with van der Waals surface area (Å²) in [4.78, 5) is 0. The molecule has 2 rings (SSSR count). The van der Waals surface area contributed by atoms with Crippen LogP contribution in [0.2, 0.25) is 0 Å². The Morgan fingerprint density at radius 3 is 2.06 bits per heavy atom. The zero-order valence-corrected chi connectivity index (χ0v) is 12.2. The largest absolute Gasteiger partial charge is 0.384 e. The highest BCUT2D eigenvalue weighted by Gasteiger charge is 2.10. The highest BCUT2D eigenvalue weighted by Crippen LogP contribution is 2.25. The lowest BCUT2D eigenvalue weighted by Crippen LogP contribution is -2.00. The zero-order valence-electron chi connectivity index (χ0n) is 10.6. The molecule has 2 aromatic carbocycles. The minimum Gasteiger partial charge on any atom is -0.384 e. The molecule has 94 valence electrons. The van der Waals surface area contributed by atoms with Crippen molar-refractivity contribution in [3.8, 4) is 0 Å². The first-order valence-electron chi connectivity index (χ1n) is 6.11. The van der Waals surface area contributed by atoms with E-state index < -0.39 is 6.10 Å². The third-order valence-corrected chi connectivity index (χ3v) is 3.58. The Balaban J connectivity index is 2.26. The van der Waals surface area contributed by atoms with E-state index in [0.717, 1.165) is 15.6 Å². The molecule has 0 saturated carbocycles. The number of benzene rings is 2. The molecule has 0 heterocycles. The van der Waals surface area contributed by atoms with Crippen molar-refractivity contribution in [3.05, 3.63) is 69.7 Å². The van der Waals surface area contributed by atoms with Gasteiger partial charge in [-0.2, -0.15) is 0 Å². The Labute approximate surface area is 117 Å². The summed E-state index contributed by atoms with van der Waals surface area (Å²) in [7, 11) is 0. The molecule has 0 amide bonds. The van der Waals surface area contributed by atoms with Crippen LogP contribution in [0.3, 0.4) is 0 Å². The van der Waals surface area contributed by atoms with Gasteiger partial charge in [0.15, 0.2) is 0 Å². The second-order valence-electron chi connectivity index (χ2n) is 4.78. The standard InChI is InChI=1S/C16H17BrO/c1-11(2)12-6-8-13(9-7-12)16(18)14-4-3-5-15(17)10-14/h3-11,16,18H,1-2H3/t16-/m1/s1. The van der Waals surface area contributed by atoms with Gasteiger partial charge in [-0.15, -0.1) is 0 Å². The summed E-state index contributed by atoms with van der Waals surface area (Å²) in [5, 5.41) is 10.3. The average molecular weight is 305 g/mol. The van der Waals surface area contributed by atoms with Crippen LogP contribution >= 0.6 is 15.9 Å². The van der Waals surface area contributed by atoms with Crippen molar-refractivity contribution in [2.75, 3.05) is 0 Å². The van der Waals surface area contributed by atoms with Gasteiger partial charge in [-0.25, -0.2) is 0 Å². The molecule has 0 unspecified atom stereocenters.